The second-order valence-corrected chi connectivity index (χ2v) is 8.86. The molecule has 7 heteroatoms. The van der Waals surface area contributed by atoms with E-state index in [-0.39, 0.29) is 29.8 Å². The van der Waals surface area contributed by atoms with Crippen LogP contribution in [-0.4, -0.2) is 65.9 Å². The molecule has 174 valence electrons. The van der Waals surface area contributed by atoms with Gasteiger partial charge in [-0.25, -0.2) is 4.79 Å². The number of nitrogens with one attached hydrogen (secondary N) is 2. The highest BCUT2D eigenvalue weighted by atomic mass is 16.2. The Morgan fingerprint density at radius 2 is 1.63 bits per heavy atom. The zero-order chi connectivity index (χ0) is 22.5. The zero-order valence-electron chi connectivity index (χ0n) is 19.8. The number of rotatable bonds is 12. The van der Waals surface area contributed by atoms with Crippen LogP contribution in [0.5, 0.6) is 0 Å². The number of hydrogen-bond acceptors (Lipinski definition) is 3. The van der Waals surface area contributed by atoms with Gasteiger partial charge in [-0.05, 0) is 25.7 Å². The molecule has 0 aromatic carbocycles. The van der Waals surface area contributed by atoms with Crippen molar-refractivity contribution in [3.63, 3.8) is 0 Å². The minimum Gasteiger partial charge on any atom is -0.338 e. The first-order valence-corrected chi connectivity index (χ1v) is 11.9. The van der Waals surface area contributed by atoms with Crippen molar-refractivity contribution in [3.8, 4) is 0 Å². The zero-order valence-corrected chi connectivity index (χ0v) is 19.8. The van der Waals surface area contributed by atoms with Crippen molar-refractivity contribution in [1.82, 2.24) is 20.4 Å². The summed E-state index contributed by atoms with van der Waals surface area (Å²) in [5, 5.41) is 5.66. The molecule has 0 aliphatic carbocycles. The molecule has 2 N–H and O–H groups in total. The maximum atomic E-state index is 13.1. The molecule has 0 aromatic rings. The van der Waals surface area contributed by atoms with Crippen LogP contribution in [0.3, 0.4) is 0 Å². The van der Waals surface area contributed by atoms with E-state index >= 15 is 0 Å². The second-order valence-electron chi connectivity index (χ2n) is 8.86. The fourth-order valence-electron chi connectivity index (χ4n) is 3.83. The fourth-order valence-corrected chi connectivity index (χ4v) is 3.83. The van der Waals surface area contributed by atoms with Gasteiger partial charge in [0.05, 0.1) is 0 Å². The smallest absolute Gasteiger partial charge is 0.315 e. The first kappa shape index (κ1) is 26.2. The van der Waals surface area contributed by atoms with Gasteiger partial charge in [0, 0.05) is 38.6 Å². The monoisotopic (exact) mass is 424 g/mol. The number of piperazine rings is 1. The van der Waals surface area contributed by atoms with Gasteiger partial charge < -0.3 is 20.4 Å². The van der Waals surface area contributed by atoms with E-state index in [9.17, 15) is 14.4 Å². The summed E-state index contributed by atoms with van der Waals surface area (Å²) in [5.74, 6) is 0.126. The molecule has 0 spiro atoms. The first-order chi connectivity index (χ1) is 14.3. The molecule has 2 atom stereocenters. The van der Waals surface area contributed by atoms with Crippen LogP contribution >= 0.6 is 0 Å². The van der Waals surface area contributed by atoms with Gasteiger partial charge in [0.1, 0.15) is 6.04 Å². The predicted molar refractivity (Wildman–Crippen MR) is 121 cm³/mol. The highest BCUT2D eigenvalue weighted by Crippen LogP contribution is 2.16. The molecule has 1 heterocycles. The summed E-state index contributed by atoms with van der Waals surface area (Å²) < 4.78 is 0. The van der Waals surface area contributed by atoms with Crippen LogP contribution in [0.2, 0.25) is 0 Å². The SMILES string of the molecule is CCCCCCCC(=O)N1CCN(C(=O)C(NC(=O)NCCCC)C(C)C)CC1C. The third-order valence-electron chi connectivity index (χ3n) is 5.79. The highest BCUT2D eigenvalue weighted by molar-refractivity contribution is 5.87. The first-order valence-electron chi connectivity index (χ1n) is 11.9. The number of carbonyl (C=O) groups is 3. The summed E-state index contributed by atoms with van der Waals surface area (Å²) in [5.41, 5.74) is 0. The summed E-state index contributed by atoms with van der Waals surface area (Å²) in [4.78, 5) is 41.5. The van der Waals surface area contributed by atoms with Crippen LogP contribution in [0.15, 0.2) is 0 Å². The summed E-state index contributed by atoms with van der Waals surface area (Å²) in [6, 6.07) is -0.850. The summed E-state index contributed by atoms with van der Waals surface area (Å²) >= 11 is 0. The van der Waals surface area contributed by atoms with Crippen LogP contribution in [-0.2, 0) is 9.59 Å². The van der Waals surface area contributed by atoms with Crippen LogP contribution in [0, 0.1) is 5.92 Å². The van der Waals surface area contributed by atoms with Crippen molar-refractivity contribution in [2.45, 2.75) is 98.1 Å². The van der Waals surface area contributed by atoms with E-state index in [1.165, 1.54) is 19.3 Å². The Labute approximate surface area is 183 Å². The third kappa shape index (κ3) is 8.92. The fraction of sp³-hybridized carbons (Fsp3) is 0.870. The van der Waals surface area contributed by atoms with Gasteiger partial charge in [-0.3, -0.25) is 9.59 Å². The van der Waals surface area contributed by atoms with E-state index in [0.717, 1.165) is 25.7 Å². The molecule has 1 aliphatic heterocycles. The lowest BCUT2D eigenvalue weighted by Gasteiger charge is -2.41. The average Bonchev–Trinajstić information content (AvgIpc) is 2.71. The van der Waals surface area contributed by atoms with E-state index < -0.39 is 6.04 Å². The molecular formula is C23H44N4O3. The Bertz CT molecular complexity index is 539. The number of unbranched alkanes of at least 4 members (excludes halogenated alkanes) is 5. The molecule has 1 fully saturated rings. The lowest BCUT2D eigenvalue weighted by Crippen LogP contribution is -2.60. The van der Waals surface area contributed by atoms with Gasteiger partial charge in [-0.2, -0.15) is 0 Å². The molecule has 7 nitrogen and oxygen atoms in total. The van der Waals surface area contributed by atoms with Gasteiger partial charge in [-0.1, -0.05) is 59.8 Å². The molecule has 0 bridgehead atoms. The predicted octanol–water partition coefficient (Wildman–Crippen LogP) is 3.53. The topological polar surface area (TPSA) is 81.8 Å². The molecular weight excluding hydrogens is 380 g/mol. The molecule has 0 aromatic heterocycles. The normalized spacial score (nSPS) is 17.7. The Morgan fingerprint density at radius 1 is 0.967 bits per heavy atom. The van der Waals surface area contributed by atoms with E-state index in [4.69, 9.17) is 0 Å². The van der Waals surface area contributed by atoms with Gasteiger partial charge in [0.2, 0.25) is 11.8 Å². The minimum absolute atomic E-state index is 0.00275. The van der Waals surface area contributed by atoms with Crippen LogP contribution in [0.4, 0.5) is 4.79 Å². The second kappa shape index (κ2) is 14.3. The molecule has 30 heavy (non-hydrogen) atoms. The number of carbonyl (C=O) groups excluding carboxylic acids is 3. The van der Waals surface area contributed by atoms with Crippen molar-refractivity contribution < 1.29 is 14.4 Å². The Kier molecular flexibility index (Phi) is 12.5. The molecule has 1 rings (SSSR count). The van der Waals surface area contributed by atoms with E-state index in [1.807, 2.05) is 25.7 Å². The maximum absolute atomic E-state index is 13.1. The van der Waals surface area contributed by atoms with Crippen molar-refractivity contribution >= 4 is 17.8 Å². The van der Waals surface area contributed by atoms with Gasteiger partial charge in [0.25, 0.3) is 0 Å². The standard InChI is InChI=1S/C23H44N4O3/c1-6-8-10-11-12-13-20(28)27-16-15-26(17-19(27)5)22(29)21(18(3)4)25-23(30)24-14-9-7-2/h18-19,21H,6-17H2,1-5H3,(H2,24,25,30). The van der Waals surface area contributed by atoms with Gasteiger partial charge in [-0.15, -0.1) is 0 Å². The van der Waals surface area contributed by atoms with Crippen molar-refractivity contribution in [2.75, 3.05) is 26.2 Å². The lowest BCUT2D eigenvalue weighted by molar-refractivity contribution is -0.144. The maximum Gasteiger partial charge on any atom is 0.315 e. The number of nitrogens with zero attached hydrogens (tertiary/aromatic N) is 2. The summed E-state index contributed by atoms with van der Waals surface area (Å²) in [6.07, 6.45) is 8.19. The van der Waals surface area contributed by atoms with E-state index in [0.29, 0.717) is 32.6 Å². The Balaban J connectivity index is 2.53. The van der Waals surface area contributed by atoms with Crippen molar-refractivity contribution in [1.29, 1.82) is 0 Å². The van der Waals surface area contributed by atoms with E-state index in [1.54, 1.807) is 4.90 Å². The Hall–Kier alpha value is -1.79. The molecule has 0 saturated carbocycles. The molecule has 2 unspecified atom stereocenters. The number of urea groups is 1. The summed E-state index contributed by atoms with van der Waals surface area (Å²) in [6.45, 7) is 12.3. The van der Waals surface area contributed by atoms with Gasteiger partial charge >= 0.3 is 6.03 Å². The van der Waals surface area contributed by atoms with E-state index in [2.05, 4.69) is 24.5 Å². The third-order valence-corrected chi connectivity index (χ3v) is 5.79. The van der Waals surface area contributed by atoms with Crippen LogP contribution in [0.25, 0.3) is 0 Å². The molecule has 1 saturated heterocycles. The summed E-state index contributed by atoms with van der Waals surface area (Å²) in [7, 11) is 0. The average molecular weight is 425 g/mol. The number of amides is 4. The molecule has 4 amide bonds. The Morgan fingerprint density at radius 3 is 2.23 bits per heavy atom. The highest BCUT2D eigenvalue weighted by Gasteiger charge is 2.34. The molecule has 0 radical (unpaired) electrons. The van der Waals surface area contributed by atoms with Crippen molar-refractivity contribution in [2.24, 2.45) is 5.92 Å². The largest absolute Gasteiger partial charge is 0.338 e. The quantitative estimate of drug-likeness (QED) is 0.470. The molecule has 1 aliphatic rings. The lowest BCUT2D eigenvalue weighted by atomic mass is 10.0. The number of hydrogen-bond donors (Lipinski definition) is 2. The minimum atomic E-state index is -0.556. The van der Waals surface area contributed by atoms with Gasteiger partial charge in [0.15, 0.2) is 0 Å². The van der Waals surface area contributed by atoms with Crippen molar-refractivity contribution in [3.05, 3.63) is 0 Å². The van der Waals surface area contributed by atoms with Crippen LogP contribution < -0.4 is 10.6 Å². The van der Waals surface area contributed by atoms with Crippen LogP contribution in [0.1, 0.15) is 86.0 Å².